The van der Waals surface area contributed by atoms with Gasteiger partial charge >= 0.3 is 0 Å². The third-order valence-electron chi connectivity index (χ3n) is 4.09. The summed E-state index contributed by atoms with van der Waals surface area (Å²) in [6, 6.07) is 8.38. The Bertz CT molecular complexity index is 556. The van der Waals surface area contributed by atoms with Gasteiger partial charge in [0.2, 0.25) is 0 Å². The monoisotopic (exact) mass is 341 g/mol. The van der Waals surface area contributed by atoms with Crippen molar-refractivity contribution in [2.75, 3.05) is 34.2 Å². The summed E-state index contributed by atoms with van der Waals surface area (Å²) in [5, 5.41) is 0. The van der Waals surface area contributed by atoms with E-state index in [1.807, 2.05) is 19.0 Å². The lowest BCUT2D eigenvalue weighted by Gasteiger charge is -2.26. The predicted octanol–water partition coefficient (Wildman–Crippen LogP) is 2.42. The lowest BCUT2D eigenvalue weighted by Crippen LogP contribution is -2.42. The van der Waals surface area contributed by atoms with Crippen molar-refractivity contribution in [3.63, 3.8) is 0 Å². The van der Waals surface area contributed by atoms with Crippen molar-refractivity contribution in [3.8, 4) is 0 Å². The Kier molecular flexibility index (Phi) is 8.19. The van der Waals surface area contributed by atoms with E-state index in [0.29, 0.717) is 13.1 Å². The lowest BCUT2D eigenvalue weighted by atomic mass is 10.0. The summed E-state index contributed by atoms with van der Waals surface area (Å²) in [6.45, 7) is 5.08. The van der Waals surface area contributed by atoms with E-state index in [4.69, 9.17) is 0 Å². The van der Waals surface area contributed by atoms with Gasteiger partial charge in [0, 0.05) is 26.2 Å². The number of nitrogens with zero attached hydrogens (tertiary/aromatic N) is 2. The van der Waals surface area contributed by atoms with Crippen molar-refractivity contribution < 1.29 is 8.42 Å². The normalized spacial score (nSPS) is 13.7. The molecule has 1 rings (SSSR count). The van der Waals surface area contributed by atoms with E-state index in [1.165, 1.54) is 9.87 Å². The first kappa shape index (κ1) is 20.1. The van der Waals surface area contributed by atoms with Crippen LogP contribution >= 0.6 is 0 Å². The topological polar surface area (TPSA) is 52.7 Å². The maximum atomic E-state index is 12.3. The number of aryl methyl sites for hydroxylation is 1. The average molecular weight is 342 g/mol. The van der Waals surface area contributed by atoms with Gasteiger partial charge in [-0.1, -0.05) is 44.5 Å². The first-order valence-electron chi connectivity index (χ1n) is 8.28. The number of rotatable bonds is 10. The fourth-order valence-corrected chi connectivity index (χ4v) is 3.33. The smallest absolute Gasteiger partial charge is 0.279 e. The Balaban J connectivity index is 2.76. The Morgan fingerprint density at radius 3 is 2.17 bits per heavy atom. The van der Waals surface area contributed by atoms with Crippen molar-refractivity contribution in [2.45, 2.75) is 39.2 Å². The molecule has 0 saturated heterocycles. The molecule has 1 atom stereocenters. The molecule has 0 aliphatic carbocycles. The zero-order valence-corrected chi connectivity index (χ0v) is 15.9. The molecule has 23 heavy (non-hydrogen) atoms. The Hall–Kier alpha value is -0.950. The second-order valence-corrected chi connectivity index (χ2v) is 7.97. The molecule has 0 aliphatic heterocycles. The van der Waals surface area contributed by atoms with Crippen LogP contribution in [-0.4, -0.2) is 51.9 Å². The second-order valence-electron chi connectivity index (χ2n) is 6.10. The van der Waals surface area contributed by atoms with Gasteiger partial charge in [-0.25, -0.2) is 4.72 Å². The number of nitrogens with one attached hydrogen (secondary N) is 1. The van der Waals surface area contributed by atoms with E-state index in [2.05, 4.69) is 42.8 Å². The van der Waals surface area contributed by atoms with Gasteiger partial charge < -0.3 is 4.90 Å². The summed E-state index contributed by atoms with van der Waals surface area (Å²) in [7, 11) is 2.13. The molecule has 5 nitrogen and oxygen atoms in total. The Morgan fingerprint density at radius 2 is 1.70 bits per heavy atom. The van der Waals surface area contributed by atoms with E-state index < -0.39 is 10.2 Å². The number of hydrogen-bond acceptors (Lipinski definition) is 3. The highest BCUT2D eigenvalue weighted by Gasteiger charge is 2.21. The van der Waals surface area contributed by atoms with Gasteiger partial charge in [-0.3, -0.25) is 0 Å². The summed E-state index contributed by atoms with van der Waals surface area (Å²) in [5.74, 6) is 0. The molecule has 0 aromatic heterocycles. The minimum atomic E-state index is -3.43. The van der Waals surface area contributed by atoms with E-state index in [9.17, 15) is 8.42 Å². The minimum Gasteiger partial charge on any atom is -0.301 e. The van der Waals surface area contributed by atoms with E-state index in [-0.39, 0.29) is 6.04 Å². The summed E-state index contributed by atoms with van der Waals surface area (Å²) in [4.78, 5) is 2.04. The van der Waals surface area contributed by atoms with Crippen LogP contribution in [0.5, 0.6) is 0 Å². The molecule has 0 aliphatic rings. The highest BCUT2D eigenvalue weighted by Crippen LogP contribution is 2.18. The fraction of sp³-hybridized carbons (Fsp3) is 0.647. The van der Waals surface area contributed by atoms with Gasteiger partial charge in [0.25, 0.3) is 10.2 Å². The molecule has 0 heterocycles. The van der Waals surface area contributed by atoms with Crippen LogP contribution < -0.4 is 4.72 Å². The molecule has 0 amide bonds. The molecule has 0 bridgehead atoms. The van der Waals surface area contributed by atoms with E-state index in [0.717, 1.165) is 24.8 Å². The van der Waals surface area contributed by atoms with Gasteiger partial charge in [-0.15, -0.1) is 0 Å². The Morgan fingerprint density at radius 1 is 1.09 bits per heavy atom. The number of hydrogen-bond donors (Lipinski definition) is 1. The maximum Gasteiger partial charge on any atom is 0.279 e. The third-order valence-corrected chi connectivity index (χ3v) is 5.63. The molecule has 1 aromatic rings. The zero-order chi connectivity index (χ0) is 17.5. The minimum absolute atomic E-state index is 0.00950. The van der Waals surface area contributed by atoms with Crippen molar-refractivity contribution in [1.82, 2.24) is 13.9 Å². The summed E-state index contributed by atoms with van der Waals surface area (Å²) in [6.07, 6.45) is 2.85. The molecule has 1 N–H and O–H groups in total. The largest absolute Gasteiger partial charge is 0.301 e. The van der Waals surface area contributed by atoms with Crippen LogP contribution in [0.25, 0.3) is 0 Å². The molecule has 6 heteroatoms. The van der Waals surface area contributed by atoms with Crippen molar-refractivity contribution in [1.29, 1.82) is 0 Å². The molecule has 132 valence electrons. The molecule has 0 saturated carbocycles. The van der Waals surface area contributed by atoms with Crippen LogP contribution in [0.15, 0.2) is 24.3 Å². The standard InChI is InChI=1S/C17H31N3O2S/c1-6-8-13-20(5)23(21,22)18-14-17(19(3)4)16-11-9-15(7-2)10-12-16/h9-12,17-18H,6-8,13-14H2,1-5H3. The SMILES string of the molecule is CCCCN(C)S(=O)(=O)NCC(c1ccc(CC)cc1)N(C)C. The molecule has 1 aromatic carbocycles. The molecule has 1 unspecified atom stereocenters. The molecular weight excluding hydrogens is 310 g/mol. The highest BCUT2D eigenvalue weighted by molar-refractivity contribution is 7.87. The molecule has 0 fully saturated rings. The van der Waals surface area contributed by atoms with Crippen molar-refractivity contribution in [2.24, 2.45) is 0 Å². The highest BCUT2D eigenvalue weighted by atomic mass is 32.2. The Labute approximate surface area is 141 Å². The van der Waals surface area contributed by atoms with E-state index in [1.54, 1.807) is 7.05 Å². The quantitative estimate of drug-likeness (QED) is 0.711. The van der Waals surface area contributed by atoms with E-state index >= 15 is 0 Å². The van der Waals surface area contributed by atoms with Crippen LogP contribution in [0.3, 0.4) is 0 Å². The molecule has 0 spiro atoms. The average Bonchev–Trinajstić information content (AvgIpc) is 2.52. The van der Waals surface area contributed by atoms with Gasteiger partial charge in [-0.05, 0) is 38.1 Å². The van der Waals surface area contributed by atoms with Crippen LogP contribution in [0.4, 0.5) is 0 Å². The lowest BCUT2D eigenvalue weighted by molar-refractivity contribution is 0.297. The van der Waals surface area contributed by atoms with Crippen LogP contribution in [0.2, 0.25) is 0 Å². The molecular formula is C17H31N3O2S. The van der Waals surface area contributed by atoms with Gasteiger partial charge in [0.1, 0.15) is 0 Å². The fourth-order valence-electron chi connectivity index (χ4n) is 2.37. The summed E-state index contributed by atoms with van der Waals surface area (Å²) >= 11 is 0. The summed E-state index contributed by atoms with van der Waals surface area (Å²) < 4.78 is 28.7. The van der Waals surface area contributed by atoms with Crippen LogP contribution in [-0.2, 0) is 16.6 Å². The van der Waals surface area contributed by atoms with Crippen molar-refractivity contribution >= 4 is 10.2 Å². The predicted molar refractivity (Wildman–Crippen MR) is 96.7 cm³/mol. The van der Waals surface area contributed by atoms with Crippen LogP contribution in [0.1, 0.15) is 43.9 Å². The summed E-state index contributed by atoms with van der Waals surface area (Å²) in [5.41, 5.74) is 2.40. The first-order valence-corrected chi connectivity index (χ1v) is 9.72. The second kappa shape index (κ2) is 9.37. The third kappa shape index (κ3) is 6.22. The zero-order valence-electron chi connectivity index (χ0n) is 15.0. The van der Waals surface area contributed by atoms with Gasteiger partial charge in [0.15, 0.2) is 0 Å². The maximum absolute atomic E-state index is 12.3. The van der Waals surface area contributed by atoms with Gasteiger partial charge in [0.05, 0.1) is 0 Å². The number of benzene rings is 1. The first-order chi connectivity index (χ1) is 10.8. The number of unbranched alkanes of at least 4 members (excludes halogenated alkanes) is 1. The van der Waals surface area contributed by atoms with Gasteiger partial charge in [-0.2, -0.15) is 12.7 Å². The van der Waals surface area contributed by atoms with Crippen molar-refractivity contribution in [3.05, 3.63) is 35.4 Å². The molecule has 0 radical (unpaired) electrons. The van der Waals surface area contributed by atoms with Crippen LogP contribution in [0, 0.1) is 0 Å². The number of likely N-dealkylation sites (N-methyl/N-ethyl adjacent to an activating group) is 1.